The van der Waals surface area contributed by atoms with E-state index in [0.29, 0.717) is 6.42 Å². The van der Waals surface area contributed by atoms with Crippen LogP contribution < -0.4 is 4.72 Å². The first kappa shape index (κ1) is 17.1. The number of ether oxygens (including phenoxy) is 1. The van der Waals surface area contributed by atoms with Crippen molar-refractivity contribution in [1.82, 2.24) is 4.72 Å². The van der Waals surface area contributed by atoms with Gasteiger partial charge in [0.1, 0.15) is 6.10 Å². The molecule has 0 unspecified atom stereocenters. The van der Waals surface area contributed by atoms with Gasteiger partial charge >= 0.3 is 0 Å². The number of rotatable bonds is 8. The molecule has 2 rings (SSSR count). The summed E-state index contributed by atoms with van der Waals surface area (Å²) in [5, 5.41) is 0. The fraction of sp³-hybridized carbons (Fsp3) is 0.375. The van der Waals surface area contributed by atoms with Gasteiger partial charge in [-0.15, -0.1) is 11.3 Å². The van der Waals surface area contributed by atoms with E-state index in [4.69, 9.17) is 4.74 Å². The number of methoxy groups -OCH3 is 1. The van der Waals surface area contributed by atoms with Gasteiger partial charge in [0.15, 0.2) is 0 Å². The summed E-state index contributed by atoms with van der Waals surface area (Å²) in [5.74, 6) is 0.0803. The molecule has 1 aromatic heterocycles. The van der Waals surface area contributed by atoms with Crippen LogP contribution >= 0.6 is 11.3 Å². The van der Waals surface area contributed by atoms with Crippen molar-refractivity contribution in [3.63, 3.8) is 0 Å². The van der Waals surface area contributed by atoms with Gasteiger partial charge < -0.3 is 4.74 Å². The van der Waals surface area contributed by atoms with E-state index < -0.39 is 10.0 Å². The lowest BCUT2D eigenvalue weighted by molar-refractivity contribution is 0.110. The van der Waals surface area contributed by atoms with Crippen LogP contribution in [0.4, 0.5) is 0 Å². The summed E-state index contributed by atoms with van der Waals surface area (Å²) in [7, 11) is -1.72. The molecular formula is C16H21NO3S2. The molecule has 6 heteroatoms. The number of hydrogen-bond acceptors (Lipinski definition) is 4. The van der Waals surface area contributed by atoms with Crippen molar-refractivity contribution >= 4 is 21.4 Å². The second kappa shape index (κ2) is 7.87. The van der Waals surface area contributed by atoms with Crippen LogP contribution in [0.25, 0.3) is 0 Å². The van der Waals surface area contributed by atoms with E-state index in [-0.39, 0.29) is 18.4 Å². The largest absolute Gasteiger partial charge is 0.375 e. The Morgan fingerprint density at radius 3 is 2.50 bits per heavy atom. The zero-order valence-corrected chi connectivity index (χ0v) is 14.4. The highest BCUT2D eigenvalue weighted by atomic mass is 32.2. The van der Waals surface area contributed by atoms with Gasteiger partial charge in [0.05, 0.1) is 5.75 Å². The molecule has 120 valence electrons. The molecule has 0 saturated heterocycles. The molecule has 1 heterocycles. The van der Waals surface area contributed by atoms with Crippen molar-refractivity contribution in [1.29, 1.82) is 0 Å². The molecule has 0 amide bonds. The minimum absolute atomic E-state index is 0.0803. The zero-order chi connectivity index (χ0) is 16.0. The number of nitrogens with one attached hydrogen (secondary N) is 1. The van der Waals surface area contributed by atoms with Gasteiger partial charge in [-0.2, -0.15) is 0 Å². The van der Waals surface area contributed by atoms with Crippen molar-refractivity contribution in [2.24, 2.45) is 0 Å². The lowest BCUT2D eigenvalue weighted by atomic mass is 10.2. The Kier molecular flexibility index (Phi) is 6.14. The summed E-state index contributed by atoms with van der Waals surface area (Å²) in [4.78, 5) is 2.22. The third-order valence-electron chi connectivity index (χ3n) is 3.35. The Labute approximate surface area is 136 Å². The molecule has 0 bridgehead atoms. The lowest BCUT2D eigenvalue weighted by Crippen LogP contribution is -2.31. The highest BCUT2D eigenvalue weighted by Crippen LogP contribution is 2.24. The van der Waals surface area contributed by atoms with Crippen molar-refractivity contribution < 1.29 is 13.2 Å². The number of hydrogen-bond donors (Lipinski definition) is 1. The third kappa shape index (κ3) is 5.21. The predicted octanol–water partition coefficient (Wildman–Crippen LogP) is 2.91. The van der Waals surface area contributed by atoms with Crippen molar-refractivity contribution in [3.05, 3.63) is 57.8 Å². The Balaban J connectivity index is 1.88. The minimum atomic E-state index is -3.31. The molecule has 0 aliphatic heterocycles. The molecule has 0 fully saturated rings. The van der Waals surface area contributed by atoms with Crippen LogP contribution in [0, 0.1) is 6.92 Å². The van der Waals surface area contributed by atoms with Gasteiger partial charge in [-0.3, -0.25) is 0 Å². The molecular weight excluding hydrogens is 318 g/mol. The third-order valence-corrected chi connectivity index (χ3v) is 5.79. The summed E-state index contributed by atoms with van der Waals surface area (Å²) in [5.41, 5.74) is 1.02. The van der Waals surface area contributed by atoms with E-state index in [1.807, 2.05) is 49.4 Å². The summed E-state index contributed by atoms with van der Waals surface area (Å²) < 4.78 is 32.2. The minimum Gasteiger partial charge on any atom is -0.375 e. The Hall–Kier alpha value is -1.21. The smallest absolute Gasteiger partial charge is 0.212 e. The van der Waals surface area contributed by atoms with Crippen LogP contribution in [0.3, 0.4) is 0 Å². The normalized spacial score (nSPS) is 13.2. The van der Waals surface area contributed by atoms with E-state index in [0.717, 1.165) is 10.4 Å². The van der Waals surface area contributed by atoms with Crippen LogP contribution in [0.5, 0.6) is 0 Å². The van der Waals surface area contributed by atoms with Crippen LogP contribution in [-0.4, -0.2) is 27.8 Å². The Bertz CT molecular complexity index is 680. The van der Waals surface area contributed by atoms with Gasteiger partial charge in [0, 0.05) is 23.4 Å². The van der Waals surface area contributed by atoms with Crippen LogP contribution in [0.1, 0.15) is 21.4 Å². The summed E-state index contributed by atoms with van der Waals surface area (Å²) in [6, 6.07) is 13.6. The average Bonchev–Trinajstić information content (AvgIpc) is 2.93. The molecule has 1 N–H and O–H groups in total. The fourth-order valence-corrected chi connectivity index (χ4v) is 4.11. The summed E-state index contributed by atoms with van der Waals surface area (Å²) in [6.45, 7) is 2.28. The number of sulfonamides is 1. The zero-order valence-electron chi connectivity index (χ0n) is 12.8. The average molecular weight is 339 g/mol. The monoisotopic (exact) mass is 339 g/mol. The van der Waals surface area contributed by atoms with Crippen molar-refractivity contribution in [3.8, 4) is 0 Å². The molecule has 0 saturated carbocycles. The molecule has 0 radical (unpaired) electrons. The number of aryl methyl sites for hydroxylation is 2. The standard InChI is InChI=1S/C16H21NO3S2/c1-13-8-9-16(21-13)15(20-2)12-17-22(18,19)11-10-14-6-4-3-5-7-14/h3-9,15,17H,10-12H2,1-2H3/t15-/m1/s1. The Morgan fingerprint density at radius 2 is 1.91 bits per heavy atom. The van der Waals surface area contributed by atoms with E-state index in [1.54, 1.807) is 18.4 Å². The van der Waals surface area contributed by atoms with Gasteiger partial charge in [0.25, 0.3) is 0 Å². The SMILES string of the molecule is CO[C@H](CNS(=O)(=O)CCc1ccccc1)c1ccc(C)s1. The van der Waals surface area contributed by atoms with Crippen LogP contribution in [-0.2, 0) is 21.2 Å². The molecule has 1 atom stereocenters. The fourth-order valence-electron chi connectivity index (χ4n) is 2.10. The topological polar surface area (TPSA) is 55.4 Å². The number of thiophene rings is 1. The second-order valence-electron chi connectivity index (χ2n) is 5.08. The molecule has 2 aromatic rings. The van der Waals surface area contributed by atoms with Gasteiger partial charge in [0.2, 0.25) is 10.0 Å². The molecule has 1 aromatic carbocycles. The van der Waals surface area contributed by atoms with E-state index in [2.05, 4.69) is 4.72 Å². The summed E-state index contributed by atoms with van der Waals surface area (Å²) in [6.07, 6.45) is 0.261. The first-order chi connectivity index (χ1) is 10.5. The number of benzene rings is 1. The molecule has 4 nitrogen and oxygen atoms in total. The second-order valence-corrected chi connectivity index (χ2v) is 8.32. The van der Waals surface area contributed by atoms with Crippen LogP contribution in [0.15, 0.2) is 42.5 Å². The van der Waals surface area contributed by atoms with Crippen molar-refractivity contribution in [2.45, 2.75) is 19.4 Å². The van der Waals surface area contributed by atoms with E-state index >= 15 is 0 Å². The maximum atomic E-state index is 12.1. The predicted molar refractivity (Wildman–Crippen MR) is 90.7 cm³/mol. The first-order valence-corrected chi connectivity index (χ1v) is 9.57. The molecule has 0 spiro atoms. The molecule has 0 aliphatic rings. The highest BCUT2D eigenvalue weighted by molar-refractivity contribution is 7.89. The molecule has 22 heavy (non-hydrogen) atoms. The van der Waals surface area contributed by atoms with E-state index in [9.17, 15) is 8.42 Å². The quantitative estimate of drug-likeness (QED) is 0.804. The van der Waals surface area contributed by atoms with Gasteiger partial charge in [-0.1, -0.05) is 30.3 Å². The maximum Gasteiger partial charge on any atom is 0.212 e. The highest BCUT2D eigenvalue weighted by Gasteiger charge is 2.17. The maximum absolute atomic E-state index is 12.1. The Morgan fingerprint density at radius 1 is 1.18 bits per heavy atom. The molecule has 0 aliphatic carbocycles. The van der Waals surface area contributed by atoms with Gasteiger partial charge in [-0.25, -0.2) is 13.1 Å². The first-order valence-electron chi connectivity index (χ1n) is 7.10. The van der Waals surface area contributed by atoms with E-state index in [1.165, 1.54) is 4.88 Å². The summed E-state index contributed by atoms with van der Waals surface area (Å²) >= 11 is 1.62. The van der Waals surface area contributed by atoms with Gasteiger partial charge in [-0.05, 0) is 31.0 Å². The van der Waals surface area contributed by atoms with Crippen LogP contribution in [0.2, 0.25) is 0 Å². The lowest BCUT2D eigenvalue weighted by Gasteiger charge is -2.15. The van der Waals surface area contributed by atoms with Crippen molar-refractivity contribution in [2.75, 3.05) is 19.4 Å².